The van der Waals surface area contributed by atoms with Gasteiger partial charge in [0, 0.05) is 23.9 Å². The highest BCUT2D eigenvalue weighted by Crippen LogP contribution is 2.23. The summed E-state index contributed by atoms with van der Waals surface area (Å²) < 4.78 is 4.90. The third-order valence-electron chi connectivity index (χ3n) is 3.65. The number of nitrogens with one attached hydrogen (secondary N) is 2. The van der Waals surface area contributed by atoms with Gasteiger partial charge in [-0.3, -0.25) is 9.67 Å². The molecule has 0 atom stereocenters. The molecule has 7 nitrogen and oxygen atoms in total. The van der Waals surface area contributed by atoms with Gasteiger partial charge in [0.25, 0.3) is 0 Å². The van der Waals surface area contributed by atoms with Gasteiger partial charge in [0.05, 0.1) is 40.9 Å². The molecule has 0 spiro atoms. The molecule has 0 saturated heterocycles. The summed E-state index contributed by atoms with van der Waals surface area (Å²) in [6, 6.07) is 9.50. The van der Waals surface area contributed by atoms with Gasteiger partial charge in [0.2, 0.25) is 0 Å². The Labute approximate surface area is 141 Å². The number of aromatic nitrogens is 5. The molecule has 0 aliphatic rings. The minimum absolute atomic E-state index is 0.532. The van der Waals surface area contributed by atoms with Gasteiger partial charge in [-0.1, -0.05) is 11.9 Å². The van der Waals surface area contributed by atoms with Gasteiger partial charge >= 0.3 is 0 Å². The molecule has 2 N–H and O–H groups in total. The lowest BCUT2D eigenvalue weighted by atomic mass is 10.1. The molecule has 0 aliphatic heterocycles. The summed E-state index contributed by atoms with van der Waals surface area (Å²) in [5.41, 5.74) is 3.09. The van der Waals surface area contributed by atoms with E-state index < -0.39 is 0 Å². The summed E-state index contributed by atoms with van der Waals surface area (Å²) in [7, 11) is 0. The van der Waals surface area contributed by atoms with E-state index in [4.69, 9.17) is 5.26 Å². The topological polar surface area (TPSA) is 95.2 Å². The first-order valence-corrected chi connectivity index (χ1v) is 8.49. The van der Waals surface area contributed by atoms with E-state index in [0.717, 1.165) is 33.6 Å². The van der Waals surface area contributed by atoms with Gasteiger partial charge in [0.1, 0.15) is 5.82 Å². The number of rotatable bonds is 4. The van der Waals surface area contributed by atoms with Crippen molar-refractivity contribution in [1.29, 1.82) is 5.26 Å². The number of hydrogen-bond acceptors (Lipinski definition) is 6. The van der Waals surface area contributed by atoms with Gasteiger partial charge in [-0.05, 0) is 18.2 Å². The van der Waals surface area contributed by atoms with E-state index in [1.807, 2.05) is 35.3 Å². The zero-order chi connectivity index (χ0) is 16.5. The SMILES string of the molecule is CSNc1ccn(Cc2nc3c(cnc4ccc(C#N)cc43)[nH]2)n1. The van der Waals surface area contributed by atoms with Crippen molar-refractivity contribution < 1.29 is 0 Å². The van der Waals surface area contributed by atoms with Crippen LogP contribution in [0.1, 0.15) is 11.4 Å². The van der Waals surface area contributed by atoms with Crippen LogP contribution in [0.3, 0.4) is 0 Å². The molecule has 1 aromatic carbocycles. The van der Waals surface area contributed by atoms with Crippen LogP contribution in [0, 0.1) is 11.3 Å². The van der Waals surface area contributed by atoms with Crippen LogP contribution in [0.15, 0.2) is 36.7 Å². The fourth-order valence-corrected chi connectivity index (χ4v) is 2.93. The number of pyridine rings is 1. The number of nitriles is 1. The van der Waals surface area contributed by atoms with E-state index in [0.29, 0.717) is 12.1 Å². The molecule has 4 rings (SSSR count). The van der Waals surface area contributed by atoms with Gasteiger partial charge in [-0.25, -0.2) is 4.98 Å². The molecule has 0 amide bonds. The van der Waals surface area contributed by atoms with Crippen molar-refractivity contribution in [2.45, 2.75) is 6.54 Å². The van der Waals surface area contributed by atoms with Crippen molar-refractivity contribution in [2.24, 2.45) is 0 Å². The third-order valence-corrected chi connectivity index (χ3v) is 4.07. The number of nitrogens with zero attached hydrogens (tertiary/aromatic N) is 5. The van der Waals surface area contributed by atoms with Crippen LogP contribution < -0.4 is 4.72 Å². The molecule has 3 heterocycles. The zero-order valence-corrected chi connectivity index (χ0v) is 13.6. The van der Waals surface area contributed by atoms with Crippen molar-refractivity contribution in [3.63, 3.8) is 0 Å². The van der Waals surface area contributed by atoms with E-state index in [1.165, 1.54) is 11.9 Å². The predicted octanol–water partition coefficient (Wildman–Crippen LogP) is 2.92. The normalized spacial score (nSPS) is 11.0. The smallest absolute Gasteiger partial charge is 0.157 e. The maximum atomic E-state index is 9.10. The van der Waals surface area contributed by atoms with Crippen LogP contribution in [0.2, 0.25) is 0 Å². The second kappa shape index (κ2) is 5.86. The van der Waals surface area contributed by atoms with Crippen molar-refractivity contribution in [2.75, 3.05) is 11.0 Å². The first-order chi connectivity index (χ1) is 11.8. The van der Waals surface area contributed by atoms with E-state index in [-0.39, 0.29) is 0 Å². The van der Waals surface area contributed by atoms with Crippen LogP contribution in [0.5, 0.6) is 0 Å². The number of fused-ring (bicyclic) bond motifs is 3. The summed E-state index contributed by atoms with van der Waals surface area (Å²) in [6.07, 6.45) is 5.62. The van der Waals surface area contributed by atoms with Crippen LogP contribution in [-0.2, 0) is 6.54 Å². The molecular weight excluding hydrogens is 322 g/mol. The largest absolute Gasteiger partial charge is 0.339 e. The Morgan fingerprint density at radius 3 is 3.12 bits per heavy atom. The van der Waals surface area contributed by atoms with E-state index in [2.05, 4.69) is 30.8 Å². The highest BCUT2D eigenvalue weighted by molar-refractivity contribution is 7.99. The molecule has 0 bridgehead atoms. The van der Waals surface area contributed by atoms with Crippen molar-refractivity contribution in [1.82, 2.24) is 24.7 Å². The summed E-state index contributed by atoms with van der Waals surface area (Å²) in [6.45, 7) is 0.532. The third kappa shape index (κ3) is 2.55. The Hall–Kier alpha value is -3.05. The molecule has 0 fully saturated rings. The Morgan fingerprint density at radius 1 is 1.38 bits per heavy atom. The maximum Gasteiger partial charge on any atom is 0.157 e. The number of imidazole rings is 1. The lowest BCUT2D eigenvalue weighted by Gasteiger charge is -1.98. The monoisotopic (exact) mass is 335 g/mol. The summed E-state index contributed by atoms with van der Waals surface area (Å²) >= 11 is 1.50. The summed E-state index contributed by atoms with van der Waals surface area (Å²) in [5.74, 6) is 1.60. The number of hydrogen-bond donors (Lipinski definition) is 2. The number of benzene rings is 1. The molecular formula is C16H13N7S. The molecule has 0 saturated carbocycles. The van der Waals surface area contributed by atoms with E-state index in [1.54, 1.807) is 12.3 Å². The molecule has 0 aliphatic carbocycles. The first-order valence-electron chi connectivity index (χ1n) is 7.27. The van der Waals surface area contributed by atoms with Gasteiger partial charge < -0.3 is 9.71 Å². The average Bonchev–Trinajstić information content (AvgIpc) is 3.21. The Bertz CT molecular complexity index is 1070. The minimum Gasteiger partial charge on any atom is -0.339 e. The molecule has 24 heavy (non-hydrogen) atoms. The standard InChI is InChI=1S/C16H13N7S/c1-24-22-14-4-5-23(21-14)9-15-19-13-8-18-12-3-2-10(7-17)6-11(12)16(13)20-15/h2-6,8H,9H2,1H3,(H,19,20)(H,21,22). The lowest BCUT2D eigenvalue weighted by Crippen LogP contribution is -2.02. The number of aromatic amines is 1. The summed E-state index contributed by atoms with van der Waals surface area (Å²) in [5, 5.41) is 14.4. The molecule has 3 aromatic heterocycles. The predicted molar refractivity (Wildman–Crippen MR) is 94.6 cm³/mol. The minimum atomic E-state index is 0.532. The molecule has 0 radical (unpaired) electrons. The Kier molecular flexibility index (Phi) is 3.55. The second-order valence-electron chi connectivity index (χ2n) is 5.25. The molecule has 8 heteroatoms. The fourth-order valence-electron chi connectivity index (χ4n) is 2.62. The quantitative estimate of drug-likeness (QED) is 0.557. The van der Waals surface area contributed by atoms with E-state index >= 15 is 0 Å². The van der Waals surface area contributed by atoms with Gasteiger partial charge in [-0.2, -0.15) is 10.4 Å². The van der Waals surface area contributed by atoms with E-state index in [9.17, 15) is 0 Å². The second-order valence-corrected chi connectivity index (χ2v) is 5.86. The van der Waals surface area contributed by atoms with Crippen LogP contribution in [0.25, 0.3) is 21.9 Å². The lowest BCUT2D eigenvalue weighted by molar-refractivity contribution is 0.666. The molecule has 0 unspecified atom stereocenters. The van der Waals surface area contributed by atoms with Crippen LogP contribution >= 0.6 is 11.9 Å². The number of anilines is 1. The fraction of sp³-hybridized carbons (Fsp3) is 0.125. The average molecular weight is 335 g/mol. The van der Waals surface area contributed by atoms with Crippen LogP contribution in [0.4, 0.5) is 5.82 Å². The summed E-state index contributed by atoms with van der Waals surface area (Å²) in [4.78, 5) is 12.4. The zero-order valence-electron chi connectivity index (χ0n) is 12.8. The number of H-pyrrole nitrogens is 1. The van der Waals surface area contributed by atoms with Crippen molar-refractivity contribution in [3.05, 3.63) is 48.0 Å². The molecule has 4 aromatic rings. The highest BCUT2D eigenvalue weighted by Gasteiger charge is 2.09. The highest BCUT2D eigenvalue weighted by atomic mass is 32.2. The Morgan fingerprint density at radius 2 is 2.29 bits per heavy atom. The van der Waals surface area contributed by atoms with Crippen molar-refractivity contribution >= 4 is 39.7 Å². The van der Waals surface area contributed by atoms with Crippen LogP contribution in [-0.4, -0.2) is 31.0 Å². The van der Waals surface area contributed by atoms with Gasteiger partial charge in [-0.15, -0.1) is 0 Å². The van der Waals surface area contributed by atoms with Gasteiger partial charge in [0.15, 0.2) is 5.82 Å². The first kappa shape index (κ1) is 14.5. The Balaban J connectivity index is 1.74. The molecule has 118 valence electrons. The van der Waals surface area contributed by atoms with Crippen molar-refractivity contribution in [3.8, 4) is 6.07 Å². The maximum absolute atomic E-state index is 9.10.